The number of unbranched alkanes of at least 4 members (excludes halogenated alkanes) is 6. The van der Waals surface area contributed by atoms with Crippen molar-refractivity contribution in [3.05, 3.63) is 0 Å². The third kappa shape index (κ3) is 21.3. The van der Waals surface area contributed by atoms with E-state index < -0.39 is 17.6 Å². The maximum Gasteiger partial charge on any atom is 0.512 e. The summed E-state index contributed by atoms with van der Waals surface area (Å²) in [6, 6.07) is 0. The van der Waals surface area contributed by atoms with E-state index >= 15 is 0 Å². The molecular formula is C26H58O6S4Si2. The molecule has 0 N–H and O–H groups in total. The van der Waals surface area contributed by atoms with Gasteiger partial charge in [0.2, 0.25) is 0 Å². The van der Waals surface area contributed by atoms with Gasteiger partial charge in [-0.25, -0.2) is 0 Å². The fourth-order valence-electron chi connectivity index (χ4n) is 2.96. The van der Waals surface area contributed by atoms with Gasteiger partial charge in [0.15, 0.2) is 0 Å². The van der Waals surface area contributed by atoms with E-state index in [4.69, 9.17) is 26.6 Å². The number of hydrogen-bond donors (Lipinski definition) is 0. The Morgan fingerprint density at radius 2 is 0.579 bits per heavy atom. The van der Waals surface area contributed by atoms with Gasteiger partial charge in [-0.15, -0.1) is 0 Å². The first kappa shape index (κ1) is 39.6. The largest absolute Gasteiger partial charge is 0.512 e. The quantitative estimate of drug-likeness (QED) is 0.0412. The smallest absolute Gasteiger partial charge is 0.373 e. The molecule has 0 fully saturated rings. The Kier molecular flexibility index (Phi) is 29.9. The Morgan fingerprint density at radius 1 is 0.368 bits per heavy atom. The third-order valence-corrected chi connectivity index (χ3v) is 20.0. The molecule has 0 bridgehead atoms. The van der Waals surface area contributed by atoms with Crippen LogP contribution in [0.3, 0.4) is 0 Å². The Hall–Kier alpha value is 1.59. The van der Waals surface area contributed by atoms with Gasteiger partial charge < -0.3 is 26.6 Å². The molecule has 0 radical (unpaired) electrons. The van der Waals surface area contributed by atoms with Crippen molar-refractivity contribution in [2.24, 2.45) is 0 Å². The van der Waals surface area contributed by atoms with Crippen LogP contribution < -0.4 is 0 Å². The van der Waals surface area contributed by atoms with Crippen molar-refractivity contribution in [1.82, 2.24) is 0 Å². The zero-order valence-electron chi connectivity index (χ0n) is 25.2. The van der Waals surface area contributed by atoms with E-state index in [0.717, 1.165) is 87.8 Å². The standard InChI is InChI=1S/C26H58O6S4Si2/c1-7-13-19-27-37(28-20-14-8-2,29-21-15-9-3)25-33-35-36-34-26-38(30-22-16-10-4,31-23-17-11-5)32-24-18-12-6/h7-26H2,1-6H3. The summed E-state index contributed by atoms with van der Waals surface area (Å²) in [7, 11) is 1.68. The summed E-state index contributed by atoms with van der Waals surface area (Å²) >= 11 is 0. The zero-order chi connectivity index (χ0) is 28.2. The van der Waals surface area contributed by atoms with Crippen LogP contribution in [0.1, 0.15) is 119 Å². The average Bonchev–Trinajstić information content (AvgIpc) is 2.91. The molecule has 0 amide bonds. The number of rotatable bonds is 31. The van der Waals surface area contributed by atoms with Crippen molar-refractivity contribution in [1.29, 1.82) is 0 Å². The Balaban J connectivity index is 5.01. The van der Waals surface area contributed by atoms with Gasteiger partial charge in [0.05, 0.1) is 10.8 Å². The van der Waals surface area contributed by atoms with Crippen molar-refractivity contribution >= 4 is 58.8 Å². The minimum atomic E-state index is -2.72. The minimum absolute atomic E-state index is 0.710. The highest BCUT2D eigenvalue weighted by molar-refractivity contribution is 9.26. The second kappa shape index (κ2) is 28.7. The molecule has 12 heteroatoms. The van der Waals surface area contributed by atoms with Gasteiger partial charge in [0.1, 0.15) is 0 Å². The van der Waals surface area contributed by atoms with Crippen LogP contribution in [-0.4, -0.2) is 68.0 Å². The first-order valence-electron chi connectivity index (χ1n) is 15.0. The molecule has 0 aliphatic heterocycles. The predicted molar refractivity (Wildman–Crippen MR) is 177 cm³/mol. The summed E-state index contributed by atoms with van der Waals surface area (Å²) < 4.78 is 38.3. The van der Waals surface area contributed by atoms with Crippen molar-refractivity contribution in [2.45, 2.75) is 119 Å². The lowest BCUT2D eigenvalue weighted by molar-refractivity contribution is 0.0612. The summed E-state index contributed by atoms with van der Waals surface area (Å²) in [6.45, 7) is 17.4. The van der Waals surface area contributed by atoms with Crippen LogP contribution in [0.4, 0.5) is 0 Å². The molecule has 0 atom stereocenters. The van der Waals surface area contributed by atoms with Crippen LogP contribution in [0.5, 0.6) is 0 Å². The summed E-state index contributed by atoms with van der Waals surface area (Å²) in [4.78, 5) is 0. The number of hydrogen-bond acceptors (Lipinski definition) is 10. The molecule has 38 heavy (non-hydrogen) atoms. The van der Waals surface area contributed by atoms with E-state index in [9.17, 15) is 0 Å². The molecule has 6 nitrogen and oxygen atoms in total. The molecule has 0 aromatic heterocycles. The molecule has 0 aromatic rings. The van der Waals surface area contributed by atoms with Gasteiger partial charge in [-0.2, -0.15) is 0 Å². The average molecular weight is 651 g/mol. The van der Waals surface area contributed by atoms with Crippen LogP contribution in [0.25, 0.3) is 0 Å². The maximum atomic E-state index is 6.38. The molecular weight excluding hydrogens is 593 g/mol. The first-order chi connectivity index (χ1) is 18.6. The van der Waals surface area contributed by atoms with Gasteiger partial charge in [-0.3, -0.25) is 0 Å². The van der Waals surface area contributed by atoms with Gasteiger partial charge in [0.25, 0.3) is 0 Å². The highest BCUT2D eigenvalue weighted by atomic mass is 33.7. The lowest BCUT2D eigenvalue weighted by Crippen LogP contribution is -2.49. The molecule has 0 aliphatic rings. The molecule has 0 rings (SSSR count). The van der Waals surface area contributed by atoms with Crippen LogP contribution in [0.2, 0.25) is 0 Å². The van der Waals surface area contributed by atoms with Crippen LogP contribution in [-0.2, 0) is 26.6 Å². The van der Waals surface area contributed by atoms with E-state index in [2.05, 4.69) is 41.5 Å². The van der Waals surface area contributed by atoms with Gasteiger partial charge in [-0.05, 0) is 58.2 Å². The summed E-state index contributed by atoms with van der Waals surface area (Å²) in [5, 5.41) is 1.52. The van der Waals surface area contributed by atoms with Crippen molar-refractivity contribution in [2.75, 3.05) is 50.4 Å². The monoisotopic (exact) mass is 650 g/mol. The molecule has 0 spiro atoms. The molecule has 0 saturated carbocycles. The van der Waals surface area contributed by atoms with E-state index in [-0.39, 0.29) is 0 Å². The molecule has 0 heterocycles. The highest BCUT2D eigenvalue weighted by Gasteiger charge is 2.43. The van der Waals surface area contributed by atoms with E-state index in [1.165, 1.54) is 0 Å². The van der Waals surface area contributed by atoms with Crippen LogP contribution >= 0.6 is 41.2 Å². The zero-order valence-corrected chi connectivity index (χ0v) is 30.5. The van der Waals surface area contributed by atoms with Gasteiger partial charge >= 0.3 is 17.6 Å². The highest BCUT2D eigenvalue weighted by Crippen LogP contribution is 2.45. The first-order valence-corrected chi connectivity index (χ1v) is 24.0. The van der Waals surface area contributed by atoms with E-state index in [1.54, 1.807) is 41.2 Å². The molecule has 0 aromatic carbocycles. The third-order valence-electron chi connectivity index (χ3n) is 5.51. The van der Waals surface area contributed by atoms with Gasteiger partial charge in [-0.1, -0.05) is 102 Å². The Bertz CT molecular complexity index is 406. The molecule has 0 aliphatic carbocycles. The van der Waals surface area contributed by atoms with Crippen molar-refractivity contribution in [3.63, 3.8) is 0 Å². The van der Waals surface area contributed by atoms with Gasteiger partial charge in [0, 0.05) is 39.6 Å². The fraction of sp³-hybridized carbons (Fsp3) is 1.00. The normalized spacial score (nSPS) is 12.5. The SMILES string of the molecule is CCCCO[Si](CSSSSC[Si](OCCCC)(OCCCC)OCCCC)(OCCCC)OCCCC. The lowest BCUT2D eigenvalue weighted by atomic mass is 10.4. The maximum absolute atomic E-state index is 6.38. The van der Waals surface area contributed by atoms with Crippen molar-refractivity contribution < 1.29 is 26.6 Å². The van der Waals surface area contributed by atoms with E-state index in [1.807, 2.05) is 0 Å². The van der Waals surface area contributed by atoms with Crippen LogP contribution in [0.15, 0.2) is 0 Å². The molecule has 0 unspecified atom stereocenters. The van der Waals surface area contributed by atoms with E-state index in [0.29, 0.717) is 39.6 Å². The fourth-order valence-corrected chi connectivity index (χ4v) is 18.9. The van der Waals surface area contributed by atoms with Crippen LogP contribution in [0, 0.1) is 0 Å². The van der Waals surface area contributed by atoms with Crippen molar-refractivity contribution in [3.8, 4) is 0 Å². The Labute approximate surface area is 253 Å². The topological polar surface area (TPSA) is 55.4 Å². The summed E-state index contributed by atoms with van der Waals surface area (Å²) in [6.07, 6.45) is 12.8. The lowest BCUT2D eigenvalue weighted by Gasteiger charge is -2.30. The second-order valence-corrected chi connectivity index (χ2v) is 21.4. The summed E-state index contributed by atoms with van der Waals surface area (Å²) in [5.74, 6) is 0. The second-order valence-electron chi connectivity index (χ2n) is 9.24. The predicted octanol–water partition coefficient (Wildman–Crippen LogP) is 9.52. The Morgan fingerprint density at radius 3 is 0.763 bits per heavy atom. The minimum Gasteiger partial charge on any atom is -0.373 e. The molecule has 0 saturated heterocycles. The molecule has 230 valence electrons. The summed E-state index contributed by atoms with van der Waals surface area (Å²) in [5.41, 5.74) is 0.